The first-order valence-electron chi connectivity index (χ1n) is 15.2. The summed E-state index contributed by atoms with van der Waals surface area (Å²) in [5, 5.41) is 10.5. The zero-order valence-electron chi connectivity index (χ0n) is 25.2. The van der Waals surface area contributed by atoms with Crippen molar-refractivity contribution in [2.24, 2.45) is 23.7 Å². The van der Waals surface area contributed by atoms with Gasteiger partial charge in [-0.15, -0.1) is 0 Å². The molecule has 0 unspecified atom stereocenters. The van der Waals surface area contributed by atoms with E-state index in [1.165, 1.54) is 19.3 Å². The maximum absolute atomic E-state index is 15.0. The zero-order chi connectivity index (χ0) is 32.3. The predicted octanol–water partition coefficient (Wildman–Crippen LogP) is 4.99. The molecule has 0 aromatic heterocycles. The highest BCUT2D eigenvalue weighted by atomic mass is 16.5. The van der Waals surface area contributed by atoms with Gasteiger partial charge in [0.25, 0.3) is 0 Å². The number of ketones is 2. The summed E-state index contributed by atoms with van der Waals surface area (Å²) in [4.78, 5) is 70.3. The van der Waals surface area contributed by atoms with Crippen LogP contribution in [0.3, 0.4) is 0 Å². The Morgan fingerprint density at radius 3 is 2.26 bits per heavy atom. The number of Topliss-reactive ketones (excluding diaryl/α,β-unsaturated/α-hetero) is 1. The van der Waals surface area contributed by atoms with Gasteiger partial charge in [0, 0.05) is 17.4 Å². The molecule has 9 heteroatoms. The van der Waals surface area contributed by atoms with Gasteiger partial charge in [-0.05, 0) is 53.7 Å². The van der Waals surface area contributed by atoms with E-state index in [0.29, 0.717) is 21.6 Å². The predicted molar refractivity (Wildman–Crippen MR) is 165 cm³/mol. The number of phenols is 1. The molecule has 3 aromatic carbocycles. The minimum Gasteiger partial charge on any atom is -0.504 e. The van der Waals surface area contributed by atoms with Gasteiger partial charge in [0.15, 0.2) is 23.1 Å². The number of imide groups is 3. The molecule has 6 atom stereocenters. The van der Waals surface area contributed by atoms with Gasteiger partial charge in [0.05, 0.1) is 31.5 Å². The third-order valence-electron chi connectivity index (χ3n) is 10.3. The largest absolute Gasteiger partial charge is 0.504 e. The van der Waals surface area contributed by atoms with Crippen LogP contribution >= 0.6 is 0 Å². The second-order valence-corrected chi connectivity index (χ2v) is 12.2. The summed E-state index contributed by atoms with van der Waals surface area (Å²) >= 11 is 0. The summed E-state index contributed by atoms with van der Waals surface area (Å²) in [5.74, 6) is -5.76. The van der Waals surface area contributed by atoms with Crippen LogP contribution in [0.5, 0.6) is 11.5 Å². The smallest absolute Gasteiger partial charge is 0.423 e. The number of nitrogens with zero attached hydrogens (tertiary/aromatic N) is 1. The van der Waals surface area contributed by atoms with Crippen LogP contribution in [-0.2, 0) is 29.3 Å². The van der Waals surface area contributed by atoms with Crippen LogP contribution in [0.4, 0.5) is 4.79 Å². The number of allylic oxidation sites excluding steroid dienone is 4. The number of carbonyl (C=O) groups excluding carboxylic acids is 5. The standard InChI is InChI=1S/C37H31NO8/c1-45-29-17-21(13-16-28(29)39)32-23-14-15-24-31(35(43)38(34(24)42)36(44)46-2)26(23)18-27-33(41)25(20-9-5-3-6-10-20)19-30(40)37(27,32)22-11-7-4-8-12-22/h3-14,16-17,19,24,26-27,31-32,39H,15,18H2,1-2H3/t24-,26+,27-,31-,32-,37-/m0/s1. The van der Waals surface area contributed by atoms with Crippen LogP contribution in [0.1, 0.15) is 35.4 Å². The Hall–Kier alpha value is -5.31. The number of benzene rings is 3. The monoisotopic (exact) mass is 617 g/mol. The highest BCUT2D eigenvalue weighted by Gasteiger charge is 2.66. The van der Waals surface area contributed by atoms with E-state index in [4.69, 9.17) is 9.47 Å². The van der Waals surface area contributed by atoms with E-state index in [-0.39, 0.29) is 41.5 Å². The molecular weight excluding hydrogens is 586 g/mol. The number of rotatable bonds is 4. The molecule has 0 spiro atoms. The number of ether oxygens (including phenoxy) is 2. The topological polar surface area (TPSA) is 127 Å². The Morgan fingerprint density at radius 1 is 0.891 bits per heavy atom. The molecule has 0 bridgehead atoms. The number of fused-ring (bicyclic) bond motifs is 4. The second-order valence-electron chi connectivity index (χ2n) is 12.2. The molecule has 3 amide bonds. The number of carbonyl (C=O) groups is 5. The molecule has 0 radical (unpaired) electrons. The van der Waals surface area contributed by atoms with Crippen molar-refractivity contribution in [2.75, 3.05) is 14.2 Å². The van der Waals surface area contributed by atoms with E-state index >= 15 is 0 Å². The molecule has 1 saturated heterocycles. The average molecular weight is 618 g/mol. The fourth-order valence-corrected chi connectivity index (χ4v) is 8.39. The lowest BCUT2D eigenvalue weighted by Gasteiger charge is -2.55. The number of amides is 3. The van der Waals surface area contributed by atoms with Crippen molar-refractivity contribution in [1.82, 2.24) is 4.90 Å². The average Bonchev–Trinajstić information content (AvgIpc) is 3.35. The Balaban J connectivity index is 1.51. The van der Waals surface area contributed by atoms with E-state index in [1.807, 2.05) is 42.5 Å². The molecule has 2 fully saturated rings. The molecule has 232 valence electrons. The summed E-state index contributed by atoms with van der Waals surface area (Å²) in [6, 6.07) is 23.0. The number of likely N-dealkylation sites (tertiary alicyclic amines) is 1. The molecule has 1 aliphatic heterocycles. The summed E-state index contributed by atoms with van der Waals surface area (Å²) in [6.45, 7) is 0. The lowest BCUT2D eigenvalue weighted by molar-refractivity contribution is -0.138. The number of hydrogen-bond donors (Lipinski definition) is 1. The van der Waals surface area contributed by atoms with Crippen LogP contribution in [0.25, 0.3) is 5.57 Å². The molecule has 46 heavy (non-hydrogen) atoms. The van der Waals surface area contributed by atoms with Crippen LogP contribution in [0, 0.1) is 23.7 Å². The SMILES string of the molecule is COC(=O)N1C(=O)[C@H]2[C@H](CC=C3[C@H]2C[C@H]2C(=O)C(c4ccccc4)=CC(=O)[C@@]2(c2ccccc2)[C@H]3c2ccc(O)c(OC)c2)C1=O. The Labute approximate surface area is 265 Å². The van der Waals surface area contributed by atoms with Crippen molar-refractivity contribution in [3.8, 4) is 11.5 Å². The summed E-state index contributed by atoms with van der Waals surface area (Å²) < 4.78 is 10.3. The first-order chi connectivity index (χ1) is 22.2. The maximum atomic E-state index is 15.0. The van der Waals surface area contributed by atoms with Crippen LogP contribution < -0.4 is 4.74 Å². The minimum absolute atomic E-state index is 0.0933. The molecule has 3 aromatic rings. The first kappa shape index (κ1) is 29.4. The molecule has 1 saturated carbocycles. The van der Waals surface area contributed by atoms with Gasteiger partial charge >= 0.3 is 6.09 Å². The fourth-order valence-electron chi connectivity index (χ4n) is 8.39. The molecule has 4 aliphatic rings. The van der Waals surface area contributed by atoms with E-state index < -0.39 is 52.9 Å². The van der Waals surface area contributed by atoms with Crippen molar-refractivity contribution in [3.63, 3.8) is 0 Å². The zero-order valence-corrected chi connectivity index (χ0v) is 25.2. The number of methoxy groups -OCH3 is 2. The number of aromatic hydroxyl groups is 1. The van der Waals surface area contributed by atoms with Gasteiger partial charge in [-0.3, -0.25) is 19.2 Å². The van der Waals surface area contributed by atoms with E-state index in [1.54, 1.807) is 36.4 Å². The Morgan fingerprint density at radius 2 is 1.59 bits per heavy atom. The summed E-state index contributed by atoms with van der Waals surface area (Å²) in [7, 11) is 2.54. The fraction of sp³-hybridized carbons (Fsp3) is 0.270. The van der Waals surface area contributed by atoms with E-state index in [0.717, 1.165) is 12.7 Å². The Kier molecular flexibility index (Phi) is 6.99. The minimum atomic E-state index is -1.42. The molecule has 1 N–H and O–H groups in total. The second kappa shape index (κ2) is 10.9. The highest BCUT2D eigenvalue weighted by Crippen LogP contribution is 2.64. The highest BCUT2D eigenvalue weighted by molar-refractivity contribution is 6.31. The van der Waals surface area contributed by atoms with Gasteiger partial charge in [-0.25, -0.2) is 4.79 Å². The van der Waals surface area contributed by atoms with E-state index in [9.17, 15) is 29.1 Å². The quantitative estimate of drug-likeness (QED) is 0.321. The summed E-state index contributed by atoms with van der Waals surface area (Å²) in [5.41, 5.74) is 1.47. The molecule has 7 rings (SSSR count). The lowest BCUT2D eigenvalue weighted by Crippen LogP contribution is -2.58. The van der Waals surface area contributed by atoms with Crippen molar-refractivity contribution >= 4 is 35.0 Å². The van der Waals surface area contributed by atoms with Crippen molar-refractivity contribution < 1.29 is 38.6 Å². The van der Waals surface area contributed by atoms with Gasteiger partial charge in [0.1, 0.15) is 0 Å². The Bertz CT molecular complexity index is 1860. The van der Waals surface area contributed by atoms with Crippen LogP contribution in [0.2, 0.25) is 0 Å². The van der Waals surface area contributed by atoms with Gasteiger partial charge < -0.3 is 14.6 Å². The van der Waals surface area contributed by atoms with Crippen LogP contribution in [-0.4, -0.2) is 53.7 Å². The normalized spacial score (nSPS) is 28.5. The van der Waals surface area contributed by atoms with Crippen LogP contribution in [0.15, 0.2) is 96.6 Å². The van der Waals surface area contributed by atoms with Crippen molar-refractivity contribution in [3.05, 3.63) is 113 Å². The lowest BCUT2D eigenvalue weighted by atomic mass is 9.44. The van der Waals surface area contributed by atoms with Crippen molar-refractivity contribution in [2.45, 2.75) is 24.2 Å². The maximum Gasteiger partial charge on any atom is 0.423 e. The molecule has 1 heterocycles. The summed E-state index contributed by atoms with van der Waals surface area (Å²) in [6.07, 6.45) is 2.58. The van der Waals surface area contributed by atoms with E-state index in [2.05, 4.69) is 0 Å². The third kappa shape index (κ3) is 4.04. The first-order valence-corrected chi connectivity index (χ1v) is 15.2. The number of hydrogen-bond acceptors (Lipinski definition) is 8. The third-order valence-corrected chi connectivity index (χ3v) is 10.3. The molecular formula is C37H31NO8. The molecule has 9 nitrogen and oxygen atoms in total. The van der Waals surface area contributed by atoms with Gasteiger partial charge in [0.2, 0.25) is 11.8 Å². The molecule has 3 aliphatic carbocycles. The van der Waals surface area contributed by atoms with Gasteiger partial charge in [-0.2, -0.15) is 4.90 Å². The number of phenolic OH excluding ortho intramolecular Hbond substituents is 1. The van der Waals surface area contributed by atoms with Crippen molar-refractivity contribution in [1.29, 1.82) is 0 Å². The van der Waals surface area contributed by atoms with Gasteiger partial charge in [-0.1, -0.05) is 78.4 Å².